The lowest BCUT2D eigenvalue weighted by Crippen LogP contribution is -2.13. The molecule has 0 aliphatic heterocycles. The zero-order valence-corrected chi connectivity index (χ0v) is 10.9. The first-order valence-electron chi connectivity index (χ1n) is 5.62. The largest absolute Gasteiger partial charge is 0.369 e. The first kappa shape index (κ1) is 12.6. The highest BCUT2D eigenvalue weighted by molar-refractivity contribution is 7.99. The summed E-state index contributed by atoms with van der Waals surface area (Å²) in [4.78, 5) is 10.8. The third kappa shape index (κ3) is 2.70. The zero-order chi connectivity index (χ0) is 13.0. The van der Waals surface area contributed by atoms with E-state index in [1.54, 1.807) is 0 Å². The van der Waals surface area contributed by atoms with Crippen molar-refractivity contribution in [2.45, 2.75) is 18.6 Å². The van der Waals surface area contributed by atoms with Crippen LogP contribution in [0.15, 0.2) is 35.5 Å². The van der Waals surface area contributed by atoms with E-state index in [9.17, 15) is 4.79 Å². The van der Waals surface area contributed by atoms with Crippen LogP contribution in [-0.4, -0.2) is 26.4 Å². The van der Waals surface area contributed by atoms with Crippen LogP contribution in [0.2, 0.25) is 0 Å². The number of rotatable bonds is 5. The van der Waals surface area contributed by atoms with Gasteiger partial charge in [0, 0.05) is 12.1 Å². The van der Waals surface area contributed by atoms with Gasteiger partial charge in [-0.2, -0.15) is 0 Å². The molecule has 0 fully saturated rings. The van der Waals surface area contributed by atoms with Crippen LogP contribution < -0.4 is 5.73 Å². The topological polar surface area (TPSA) is 73.8 Å². The highest BCUT2D eigenvalue weighted by Gasteiger charge is 2.13. The summed E-state index contributed by atoms with van der Waals surface area (Å²) in [6.45, 7) is 2.77. The monoisotopic (exact) mass is 262 g/mol. The molecule has 94 valence electrons. The van der Waals surface area contributed by atoms with Crippen LogP contribution in [0.4, 0.5) is 0 Å². The molecule has 0 atom stereocenters. The number of hydrogen-bond acceptors (Lipinski definition) is 4. The molecule has 2 aromatic rings. The SMILES string of the molecule is CCn1c(SCC(N)=O)nnc1-c1ccccc1. The third-order valence-corrected chi connectivity index (χ3v) is 3.40. The fourth-order valence-electron chi connectivity index (χ4n) is 1.62. The van der Waals surface area contributed by atoms with Gasteiger partial charge in [0.05, 0.1) is 5.75 Å². The molecule has 0 spiro atoms. The second-order valence-corrected chi connectivity index (χ2v) is 4.61. The summed E-state index contributed by atoms with van der Waals surface area (Å²) in [6, 6.07) is 9.84. The van der Waals surface area contributed by atoms with Crippen LogP contribution in [0.5, 0.6) is 0 Å². The Hall–Kier alpha value is -1.82. The number of carbonyl (C=O) groups is 1. The van der Waals surface area contributed by atoms with Crippen LogP contribution in [-0.2, 0) is 11.3 Å². The van der Waals surface area contributed by atoms with Gasteiger partial charge in [-0.3, -0.25) is 4.79 Å². The first-order valence-corrected chi connectivity index (χ1v) is 6.60. The molecular formula is C12H14N4OS. The molecule has 1 aromatic heterocycles. The quantitative estimate of drug-likeness (QED) is 0.829. The Morgan fingerprint density at radius 3 is 2.67 bits per heavy atom. The molecule has 0 saturated carbocycles. The van der Waals surface area contributed by atoms with Gasteiger partial charge >= 0.3 is 0 Å². The smallest absolute Gasteiger partial charge is 0.227 e. The summed E-state index contributed by atoms with van der Waals surface area (Å²) < 4.78 is 1.98. The van der Waals surface area contributed by atoms with Gasteiger partial charge in [-0.05, 0) is 6.92 Å². The van der Waals surface area contributed by atoms with Crippen molar-refractivity contribution in [2.24, 2.45) is 5.73 Å². The van der Waals surface area contributed by atoms with E-state index in [2.05, 4.69) is 10.2 Å². The summed E-state index contributed by atoms with van der Waals surface area (Å²) in [5.41, 5.74) is 6.14. The molecule has 0 saturated heterocycles. The summed E-state index contributed by atoms with van der Waals surface area (Å²) in [7, 11) is 0. The van der Waals surface area contributed by atoms with Gasteiger partial charge in [0.25, 0.3) is 0 Å². The van der Waals surface area contributed by atoms with Crippen molar-refractivity contribution >= 4 is 17.7 Å². The number of benzene rings is 1. The molecule has 1 amide bonds. The molecule has 0 aliphatic rings. The first-order chi connectivity index (χ1) is 8.72. The van der Waals surface area contributed by atoms with Crippen molar-refractivity contribution in [3.63, 3.8) is 0 Å². The van der Waals surface area contributed by atoms with Crippen LogP contribution in [0.1, 0.15) is 6.92 Å². The van der Waals surface area contributed by atoms with E-state index in [1.807, 2.05) is 41.8 Å². The summed E-state index contributed by atoms with van der Waals surface area (Å²) in [5, 5.41) is 9.00. The fourth-order valence-corrected chi connectivity index (χ4v) is 2.36. The number of thioether (sulfide) groups is 1. The number of primary amides is 1. The van der Waals surface area contributed by atoms with Crippen molar-refractivity contribution in [3.05, 3.63) is 30.3 Å². The number of nitrogens with two attached hydrogens (primary N) is 1. The van der Waals surface area contributed by atoms with E-state index in [4.69, 9.17) is 5.73 Å². The maximum Gasteiger partial charge on any atom is 0.227 e. The lowest BCUT2D eigenvalue weighted by atomic mass is 10.2. The van der Waals surface area contributed by atoms with Crippen molar-refractivity contribution in [1.29, 1.82) is 0 Å². The number of carbonyl (C=O) groups excluding carboxylic acids is 1. The molecule has 6 heteroatoms. The van der Waals surface area contributed by atoms with Crippen molar-refractivity contribution in [2.75, 3.05) is 5.75 Å². The Morgan fingerprint density at radius 1 is 1.33 bits per heavy atom. The average Bonchev–Trinajstić information content (AvgIpc) is 2.80. The Bertz CT molecular complexity index is 538. The molecule has 0 unspecified atom stereocenters. The Balaban J connectivity index is 2.30. The molecule has 0 radical (unpaired) electrons. The molecule has 0 bridgehead atoms. The molecule has 5 nitrogen and oxygen atoms in total. The normalized spacial score (nSPS) is 10.5. The van der Waals surface area contributed by atoms with E-state index in [0.29, 0.717) is 0 Å². The van der Waals surface area contributed by atoms with Crippen LogP contribution in [0.3, 0.4) is 0 Å². The minimum absolute atomic E-state index is 0.215. The average molecular weight is 262 g/mol. The fraction of sp³-hybridized carbons (Fsp3) is 0.250. The molecule has 1 heterocycles. The Kier molecular flexibility index (Phi) is 3.99. The van der Waals surface area contributed by atoms with E-state index in [1.165, 1.54) is 11.8 Å². The van der Waals surface area contributed by atoms with E-state index in [-0.39, 0.29) is 11.7 Å². The van der Waals surface area contributed by atoms with Gasteiger partial charge in [-0.1, -0.05) is 42.1 Å². The van der Waals surface area contributed by atoms with Crippen LogP contribution >= 0.6 is 11.8 Å². The van der Waals surface area contributed by atoms with Gasteiger partial charge in [-0.25, -0.2) is 0 Å². The highest BCUT2D eigenvalue weighted by Crippen LogP contribution is 2.23. The minimum atomic E-state index is -0.355. The van der Waals surface area contributed by atoms with E-state index < -0.39 is 0 Å². The molecular weight excluding hydrogens is 248 g/mol. The number of amides is 1. The lowest BCUT2D eigenvalue weighted by molar-refractivity contribution is -0.115. The second kappa shape index (κ2) is 5.68. The predicted octanol–water partition coefficient (Wildman–Crippen LogP) is 1.54. The van der Waals surface area contributed by atoms with Crippen molar-refractivity contribution < 1.29 is 4.79 Å². The van der Waals surface area contributed by atoms with Gasteiger partial charge in [0.1, 0.15) is 0 Å². The van der Waals surface area contributed by atoms with Gasteiger partial charge in [0.2, 0.25) is 5.91 Å². The maximum absolute atomic E-state index is 10.8. The van der Waals surface area contributed by atoms with Gasteiger partial charge < -0.3 is 10.3 Å². The minimum Gasteiger partial charge on any atom is -0.369 e. The molecule has 18 heavy (non-hydrogen) atoms. The molecule has 2 N–H and O–H groups in total. The van der Waals surface area contributed by atoms with E-state index >= 15 is 0 Å². The third-order valence-electron chi connectivity index (χ3n) is 2.41. The number of nitrogens with zero attached hydrogens (tertiary/aromatic N) is 3. The molecule has 1 aromatic carbocycles. The van der Waals surface area contributed by atoms with Crippen LogP contribution in [0, 0.1) is 0 Å². The lowest BCUT2D eigenvalue weighted by Gasteiger charge is -2.06. The zero-order valence-electron chi connectivity index (χ0n) is 10.0. The van der Waals surface area contributed by atoms with Crippen LogP contribution in [0.25, 0.3) is 11.4 Å². The summed E-state index contributed by atoms with van der Waals surface area (Å²) in [6.07, 6.45) is 0. The van der Waals surface area contributed by atoms with Crippen molar-refractivity contribution in [1.82, 2.24) is 14.8 Å². The number of aromatic nitrogens is 3. The number of hydrogen-bond donors (Lipinski definition) is 1. The second-order valence-electron chi connectivity index (χ2n) is 3.67. The Labute approximate surface area is 109 Å². The highest BCUT2D eigenvalue weighted by atomic mass is 32.2. The van der Waals surface area contributed by atoms with Crippen molar-refractivity contribution in [3.8, 4) is 11.4 Å². The molecule has 0 aliphatic carbocycles. The molecule has 2 rings (SSSR count). The summed E-state index contributed by atoms with van der Waals surface area (Å²) >= 11 is 1.31. The predicted molar refractivity (Wildman–Crippen MR) is 71.1 cm³/mol. The van der Waals surface area contributed by atoms with E-state index in [0.717, 1.165) is 23.1 Å². The van der Waals surface area contributed by atoms with Gasteiger partial charge in [-0.15, -0.1) is 10.2 Å². The van der Waals surface area contributed by atoms with Gasteiger partial charge in [0.15, 0.2) is 11.0 Å². The standard InChI is InChI=1S/C12H14N4OS/c1-2-16-11(9-6-4-3-5-7-9)14-15-12(16)18-8-10(13)17/h3-7H,2,8H2,1H3,(H2,13,17). The summed E-state index contributed by atoms with van der Waals surface area (Å²) in [5.74, 6) is 0.671. The maximum atomic E-state index is 10.8. The Morgan fingerprint density at radius 2 is 2.06 bits per heavy atom.